The van der Waals surface area contributed by atoms with Crippen molar-refractivity contribution in [2.24, 2.45) is 5.92 Å². The van der Waals surface area contributed by atoms with E-state index in [1.807, 2.05) is 6.07 Å². The number of hydrogen-bond acceptors (Lipinski definition) is 3. The molecule has 1 saturated carbocycles. The number of carbonyl (C=O) groups is 1. The van der Waals surface area contributed by atoms with Gasteiger partial charge in [-0.05, 0) is 55.7 Å². The van der Waals surface area contributed by atoms with Crippen molar-refractivity contribution in [2.75, 3.05) is 6.61 Å². The summed E-state index contributed by atoms with van der Waals surface area (Å²) in [7, 11) is 0. The highest BCUT2D eigenvalue weighted by atomic mass is 19.1. The number of halogens is 1. The standard InChI is InChI=1S/C25H26FNO4/c1-24(2)14-31-25(12-4-5-15(25)13-20(29)30)22-21-18(6-3-7-19(21)28)27(23(22)24)17-10-8-16(26)9-11-17/h3,6-11,15,28H,4-5,12-14H2,1-2H3,(H,29,30). The molecular formula is C25H26FNO4. The summed E-state index contributed by atoms with van der Waals surface area (Å²) in [6.07, 6.45) is 2.37. The number of fused-ring (bicyclic) bond motifs is 4. The van der Waals surface area contributed by atoms with E-state index in [2.05, 4.69) is 18.4 Å². The molecule has 0 saturated heterocycles. The summed E-state index contributed by atoms with van der Waals surface area (Å²) in [6.45, 7) is 4.62. The molecule has 31 heavy (non-hydrogen) atoms. The molecule has 1 spiro atoms. The maximum absolute atomic E-state index is 13.7. The second-order valence-electron chi connectivity index (χ2n) is 9.46. The predicted molar refractivity (Wildman–Crippen MR) is 115 cm³/mol. The first-order valence-electron chi connectivity index (χ1n) is 10.7. The van der Waals surface area contributed by atoms with E-state index in [0.29, 0.717) is 18.4 Å². The summed E-state index contributed by atoms with van der Waals surface area (Å²) in [4.78, 5) is 11.7. The van der Waals surface area contributed by atoms with E-state index in [-0.39, 0.29) is 23.9 Å². The molecule has 1 fully saturated rings. The van der Waals surface area contributed by atoms with Crippen molar-refractivity contribution in [2.45, 2.75) is 50.5 Å². The average Bonchev–Trinajstić information content (AvgIpc) is 3.27. The van der Waals surface area contributed by atoms with Crippen LogP contribution in [0.25, 0.3) is 16.6 Å². The van der Waals surface area contributed by atoms with E-state index in [1.165, 1.54) is 12.1 Å². The van der Waals surface area contributed by atoms with Crippen LogP contribution in [0.5, 0.6) is 5.75 Å². The Labute approximate surface area is 180 Å². The fourth-order valence-corrected chi connectivity index (χ4v) is 5.73. The zero-order valence-corrected chi connectivity index (χ0v) is 17.7. The lowest BCUT2D eigenvalue weighted by molar-refractivity contribution is -0.146. The van der Waals surface area contributed by atoms with E-state index in [4.69, 9.17) is 4.74 Å². The minimum absolute atomic E-state index is 0.0245. The SMILES string of the molecule is CC1(C)COC2(CCCC2CC(=O)O)c2c1n(-c1ccc(F)cc1)c1cccc(O)c21. The summed E-state index contributed by atoms with van der Waals surface area (Å²) in [5.41, 5.74) is 2.36. The van der Waals surface area contributed by atoms with Gasteiger partial charge in [0.25, 0.3) is 0 Å². The molecule has 3 aromatic rings. The van der Waals surface area contributed by atoms with Crippen molar-refractivity contribution >= 4 is 16.9 Å². The quantitative estimate of drug-likeness (QED) is 0.603. The molecule has 0 bridgehead atoms. The fourth-order valence-electron chi connectivity index (χ4n) is 5.73. The first kappa shape index (κ1) is 20.1. The van der Waals surface area contributed by atoms with Gasteiger partial charge in [-0.1, -0.05) is 19.9 Å². The maximum atomic E-state index is 13.7. The molecule has 6 heteroatoms. The van der Waals surface area contributed by atoms with Crippen molar-refractivity contribution in [1.82, 2.24) is 4.57 Å². The molecule has 1 aliphatic carbocycles. The summed E-state index contributed by atoms with van der Waals surface area (Å²) in [6, 6.07) is 11.7. The van der Waals surface area contributed by atoms with Gasteiger partial charge < -0.3 is 19.5 Å². The summed E-state index contributed by atoms with van der Waals surface area (Å²) in [5.74, 6) is -1.18. The second-order valence-corrected chi connectivity index (χ2v) is 9.46. The smallest absolute Gasteiger partial charge is 0.303 e. The molecule has 5 nitrogen and oxygen atoms in total. The highest BCUT2D eigenvalue weighted by Gasteiger charge is 2.54. The third-order valence-corrected chi connectivity index (χ3v) is 6.99. The lowest BCUT2D eigenvalue weighted by atomic mass is 9.73. The van der Waals surface area contributed by atoms with Crippen molar-refractivity contribution in [1.29, 1.82) is 0 Å². The van der Waals surface area contributed by atoms with Crippen LogP contribution in [-0.2, 0) is 20.5 Å². The third kappa shape index (κ3) is 2.88. The van der Waals surface area contributed by atoms with Crippen LogP contribution in [-0.4, -0.2) is 27.4 Å². The van der Waals surface area contributed by atoms with Gasteiger partial charge in [0.15, 0.2) is 0 Å². The van der Waals surface area contributed by atoms with Gasteiger partial charge >= 0.3 is 5.97 Å². The number of carboxylic acids is 1. The number of aliphatic carboxylic acids is 1. The average molecular weight is 423 g/mol. The van der Waals surface area contributed by atoms with Crippen LogP contribution in [0.15, 0.2) is 42.5 Å². The van der Waals surface area contributed by atoms with Gasteiger partial charge in [0.05, 0.1) is 24.1 Å². The summed E-state index contributed by atoms with van der Waals surface area (Å²) < 4.78 is 22.3. The van der Waals surface area contributed by atoms with E-state index >= 15 is 0 Å². The Hall–Kier alpha value is -2.86. The molecule has 1 aromatic heterocycles. The van der Waals surface area contributed by atoms with E-state index in [0.717, 1.165) is 35.3 Å². The third-order valence-electron chi connectivity index (χ3n) is 6.99. The summed E-state index contributed by atoms with van der Waals surface area (Å²) >= 11 is 0. The number of phenols is 1. The Morgan fingerprint density at radius 3 is 2.68 bits per heavy atom. The molecule has 5 rings (SSSR count). The van der Waals surface area contributed by atoms with E-state index in [9.17, 15) is 19.4 Å². The topological polar surface area (TPSA) is 71.7 Å². The largest absolute Gasteiger partial charge is 0.507 e. The molecule has 0 amide bonds. The van der Waals surface area contributed by atoms with E-state index < -0.39 is 17.0 Å². The van der Waals surface area contributed by atoms with Gasteiger partial charge in [-0.2, -0.15) is 0 Å². The molecule has 2 heterocycles. The van der Waals surface area contributed by atoms with Gasteiger partial charge in [0.1, 0.15) is 11.6 Å². The Bertz CT molecular complexity index is 1180. The highest BCUT2D eigenvalue weighted by Crippen LogP contribution is 2.58. The molecule has 2 atom stereocenters. The number of aromatic hydroxyl groups is 1. The number of nitrogens with zero attached hydrogens (tertiary/aromatic N) is 1. The van der Waals surface area contributed by atoms with Crippen molar-refractivity contribution in [3.63, 3.8) is 0 Å². The minimum Gasteiger partial charge on any atom is -0.507 e. The van der Waals surface area contributed by atoms with Crippen molar-refractivity contribution in [3.05, 3.63) is 59.5 Å². The first-order chi connectivity index (χ1) is 14.7. The maximum Gasteiger partial charge on any atom is 0.303 e. The number of ether oxygens (including phenoxy) is 1. The van der Waals surface area contributed by atoms with Gasteiger partial charge in [-0.3, -0.25) is 4.79 Å². The second kappa shape index (κ2) is 6.82. The Balaban J connectivity index is 1.89. The molecule has 1 aliphatic heterocycles. The molecule has 2 N–H and O–H groups in total. The molecule has 0 radical (unpaired) electrons. The molecule has 2 aromatic carbocycles. The Morgan fingerprint density at radius 1 is 1.23 bits per heavy atom. The summed E-state index contributed by atoms with van der Waals surface area (Å²) in [5, 5.41) is 21.2. The van der Waals surface area contributed by atoms with Gasteiger partial charge in [0, 0.05) is 33.7 Å². The van der Waals surface area contributed by atoms with Crippen LogP contribution in [0, 0.1) is 11.7 Å². The van der Waals surface area contributed by atoms with Crippen LogP contribution in [0.3, 0.4) is 0 Å². The molecule has 2 aliphatic rings. The number of carboxylic acid groups (broad SMARTS) is 1. The normalized spacial score (nSPS) is 24.5. The fraction of sp³-hybridized carbons (Fsp3) is 0.400. The van der Waals surface area contributed by atoms with E-state index in [1.54, 1.807) is 24.3 Å². The van der Waals surface area contributed by atoms with Crippen LogP contribution in [0.2, 0.25) is 0 Å². The highest BCUT2D eigenvalue weighted by molar-refractivity contribution is 5.94. The van der Waals surface area contributed by atoms with Gasteiger partial charge in [-0.15, -0.1) is 0 Å². The minimum atomic E-state index is -0.840. The van der Waals surface area contributed by atoms with Crippen LogP contribution in [0.1, 0.15) is 50.8 Å². The number of benzene rings is 2. The zero-order chi connectivity index (χ0) is 22.0. The first-order valence-corrected chi connectivity index (χ1v) is 10.7. The Kier molecular flexibility index (Phi) is 4.42. The van der Waals surface area contributed by atoms with Crippen LogP contribution >= 0.6 is 0 Å². The lowest BCUT2D eigenvalue weighted by Gasteiger charge is -2.45. The number of rotatable bonds is 3. The van der Waals surface area contributed by atoms with Crippen LogP contribution in [0.4, 0.5) is 4.39 Å². The predicted octanol–water partition coefficient (Wildman–Crippen LogP) is 5.25. The molecular weight excluding hydrogens is 397 g/mol. The molecule has 2 unspecified atom stereocenters. The number of phenolic OH excluding ortho intramolecular Hbond substituents is 1. The van der Waals surface area contributed by atoms with Gasteiger partial charge in [0.2, 0.25) is 0 Å². The van der Waals surface area contributed by atoms with Crippen molar-refractivity contribution in [3.8, 4) is 11.4 Å². The number of aromatic nitrogens is 1. The monoisotopic (exact) mass is 423 g/mol. The Morgan fingerprint density at radius 2 is 1.97 bits per heavy atom. The molecule has 162 valence electrons. The zero-order valence-electron chi connectivity index (χ0n) is 17.7. The van der Waals surface area contributed by atoms with Gasteiger partial charge in [-0.25, -0.2) is 4.39 Å². The number of hydrogen-bond donors (Lipinski definition) is 2. The lowest BCUT2D eigenvalue weighted by Crippen LogP contribution is -2.46. The van der Waals surface area contributed by atoms with Crippen LogP contribution < -0.4 is 0 Å². The van der Waals surface area contributed by atoms with Crippen molar-refractivity contribution < 1.29 is 24.1 Å².